The fourth-order valence-corrected chi connectivity index (χ4v) is 3.68. The van der Waals surface area contributed by atoms with Crippen molar-refractivity contribution in [2.75, 3.05) is 46.9 Å². The van der Waals surface area contributed by atoms with Gasteiger partial charge in [-0.05, 0) is 30.7 Å². The molecule has 0 atom stereocenters. The number of carbonyl (C=O) groups excluding carboxylic acids is 1. The van der Waals surface area contributed by atoms with Crippen molar-refractivity contribution in [1.82, 2.24) is 0 Å². The molecule has 0 fully saturated rings. The molecule has 0 aliphatic rings. The highest BCUT2D eigenvalue weighted by atomic mass is 28.4. The molecule has 0 spiro atoms. The van der Waals surface area contributed by atoms with E-state index in [0.29, 0.717) is 24.6 Å². The normalized spacial score (nSPS) is 11.3. The first kappa shape index (κ1) is 18.6. The van der Waals surface area contributed by atoms with Gasteiger partial charge < -0.3 is 22.9 Å². The summed E-state index contributed by atoms with van der Waals surface area (Å²) in [4.78, 5) is 13.9. The van der Waals surface area contributed by atoms with Crippen molar-refractivity contribution >= 4 is 20.5 Å². The number of carbonyl (C=O) groups is 1. The van der Waals surface area contributed by atoms with Gasteiger partial charge in [-0.3, -0.25) is 0 Å². The van der Waals surface area contributed by atoms with E-state index in [1.54, 1.807) is 33.5 Å². The topological polar surface area (TPSA) is 57.2 Å². The fourth-order valence-electron chi connectivity index (χ4n) is 1.99. The summed E-state index contributed by atoms with van der Waals surface area (Å²) in [5.74, 6) is -0.329. The smallest absolute Gasteiger partial charge is 0.462 e. The van der Waals surface area contributed by atoms with E-state index in [2.05, 4.69) is 0 Å². The lowest BCUT2D eigenvalue weighted by atomic mass is 10.2. The Kier molecular flexibility index (Phi) is 7.53. The second-order valence-corrected chi connectivity index (χ2v) is 8.07. The van der Waals surface area contributed by atoms with Crippen LogP contribution in [0.2, 0.25) is 6.04 Å². The maximum atomic E-state index is 11.9. The molecule has 0 saturated carbocycles. The van der Waals surface area contributed by atoms with Gasteiger partial charge in [0.25, 0.3) is 0 Å². The van der Waals surface area contributed by atoms with Gasteiger partial charge in [-0.1, -0.05) is 0 Å². The summed E-state index contributed by atoms with van der Waals surface area (Å²) in [5.41, 5.74) is 1.58. The molecule has 22 heavy (non-hydrogen) atoms. The molecule has 0 aromatic heterocycles. The van der Waals surface area contributed by atoms with Crippen molar-refractivity contribution < 1.29 is 22.8 Å². The SMILES string of the molecule is CO[Si](CCCOC(=O)c1ccc(N(C)C)cc1)(OC)OC. The standard InChI is InChI=1S/C15H25NO5Si/c1-16(2)14-9-7-13(8-10-14)15(17)21-11-6-12-22(18-3,19-4)20-5/h7-10H,6,11-12H2,1-5H3. The average molecular weight is 327 g/mol. The maximum Gasteiger partial charge on any atom is 0.500 e. The van der Waals surface area contributed by atoms with Gasteiger partial charge in [0.05, 0.1) is 12.2 Å². The Hall–Kier alpha value is -1.41. The third kappa shape index (κ3) is 5.10. The molecule has 0 radical (unpaired) electrons. The van der Waals surface area contributed by atoms with Crippen LogP contribution in [0, 0.1) is 0 Å². The highest BCUT2D eigenvalue weighted by Crippen LogP contribution is 2.16. The molecule has 1 aromatic carbocycles. The van der Waals surface area contributed by atoms with Gasteiger partial charge in [-0.2, -0.15) is 0 Å². The number of anilines is 1. The first-order valence-electron chi connectivity index (χ1n) is 7.08. The van der Waals surface area contributed by atoms with Crippen LogP contribution in [-0.2, 0) is 18.0 Å². The number of rotatable bonds is 9. The van der Waals surface area contributed by atoms with E-state index < -0.39 is 8.80 Å². The predicted octanol–water partition coefficient (Wildman–Crippen LogP) is 2.18. The van der Waals surface area contributed by atoms with Crippen LogP contribution in [-0.4, -0.2) is 56.8 Å². The molecular formula is C15H25NO5Si. The molecule has 0 heterocycles. The highest BCUT2D eigenvalue weighted by molar-refractivity contribution is 6.60. The number of hydrogen-bond donors (Lipinski definition) is 0. The quantitative estimate of drug-likeness (QED) is 0.394. The number of esters is 1. The van der Waals surface area contributed by atoms with Gasteiger partial charge in [0.1, 0.15) is 0 Å². The Morgan fingerprint density at radius 1 is 1.05 bits per heavy atom. The zero-order chi connectivity index (χ0) is 16.6. The Morgan fingerprint density at radius 3 is 2.05 bits per heavy atom. The van der Waals surface area contributed by atoms with Gasteiger partial charge >= 0.3 is 14.8 Å². The van der Waals surface area contributed by atoms with Crippen molar-refractivity contribution in [2.24, 2.45) is 0 Å². The van der Waals surface area contributed by atoms with E-state index >= 15 is 0 Å². The minimum absolute atomic E-state index is 0.305. The summed E-state index contributed by atoms with van der Waals surface area (Å²) in [6.45, 7) is 0.305. The molecule has 0 aliphatic heterocycles. The van der Waals surface area contributed by atoms with Crippen molar-refractivity contribution in [3.63, 3.8) is 0 Å². The van der Waals surface area contributed by atoms with Crippen LogP contribution in [0.15, 0.2) is 24.3 Å². The van der Waals surface area contributed by atoms with Crippen LogP contribution in [0.1, 0.15) is 16.8 Å². The predicted molar refractivity (Wildman–Crippen MR) is 87.3 cm³/mol. The number of nitrogens with zero attached hydrogens (tertiary/aromatic N) is 1. The van der Waals surface area contributed by atoms with Crippen LogP contribution in [0.4, 0.5) is 5.69 Å². The Bertz CT molecular complexity index is 451. The second-order valence-electron chi connectivity index (χ2n) is 4.98. The molecule has 6 nitrogen and oxygen atoms in total. The minimum Gasteiger partial charge on any atom is -0.462 e. The van der Waals surface area contributed by atoms with E-state index in [-0.39, 0.29) is 5.97 Å². The third-order valence-corrected chi connectivity index (χ3v) is 6.24. The molecule has 1 aromatic rings. The van der Waals surface area contributed by atoms with Gasteiger partial charge in [0.15, 0.2) is 0 Å². The van der Waals surface area contributed by atoms with Crippen molar-refractivity contribution in [2.45, 2.75) is 12.5 Å². The zero-order valence-electron chi connectivity index (χ0n) is 13.9. The Balaban J connectivity index is 2.43. The van der Waals surface area contributed by atoms with Gasteiger partial charge in [0.2, 0.25) is 0 Å². The van der Waals surface area contributed by atoms with Crippen LogP contribution >= 0.6 is 0 Å². The summed E-state index contributed by atoms with van der Waals surface area (Å²) in [6.07, 6.45) is 0.628. The van der Waals surface area contributed by atoms with Crippen molar-refractivity contribution in [3.05, 3.63) is 29.8 Å². The Labute approximate surface area is 133 Å². The number of benzene rings is 1. The van der Waals surface area contributed by atoms with E-state index in [1.807, 2.05) is 31.1 Å². The maximum absolute atomic E-state index is 11.9. The summed E-state index contributed by atoms with van der Waals surface area (Å²) in [7, 11) is 6.01. The van der Waals surface area contributed by atoms with Crippen molar-refractivity contribution in [3.8, 4) is 0 Å². The van der Waals surface area contributed by atoms with E-state index in [9.17, 15) is 4.79 Å². The molecule has 0 bridgehead atoms. The average Bonchev–Trinajstić information content (AvgIpc) is 2.55. The summed E-state index contributed by atoms with van der Waals surface area (Å²) >= 11 is 0. The molecule has 0 saturated heterocycles. The first-order chi connectivity index (χ1) is 10.5. The Morgan fingerprint density at radius 2 is 1.59 bits per heavy atom. The summed E-state index contributed by atoms with van der Waals surface area (Å²) in [6, 6.07) is 7.89. The van der Waals surface area contributed by atoms with Gasteiger partial charge in [-0.25, -0.2) is 4.79 Å². The molecule has 0 amide bonds. The van der Waals surface area contributed by atoms with E-state index in [4.69, 9.17) is 18.0 Å². The molecule has 0 aliphatic carbocycles. The largest absolute Gasteiger partial charge is 0.500 e. The fraction of sp³-hybridized carbons (Fsp3) is 0.533. The lowest BCUT2D eigenvalue weighted by Gasteiger charge is -2.24. The van der Waals surface area contributed by atoms with Crippen LogP contribution < -0.4 is 4.90 Å². The minimum atomic E-state index is -2.59. The molecule has 7 heteroatoms. The second kappa shape index (κ2) is 8.89. The van der Waals surface area contributed by atoms with Crippen LogP contribution in [0.3, 0.4) is 0 Å². The third-order valence-electron chi connectivity index (χ3n) is 3.41. The van der Waals surface area contributed by atoms with Crippen LogP contribution in [0.25, 0.3) is 0 Å². The number of ether oxygens (including phenoxy) is 1. The summed E-state index contributed by atoms with van der Waals surface area (Å²) in [5, 5.41) is 0. The molecule has 0 unspecified atom stereocenters. The first-order valence-corrected chi connectivity index (χ1v) is 9.01. The molecule has 124 valence electrons. The van der Waals surface area contributed by atoms with Gasteiger partial charge in [-0.15, -0.1) is 0 Å². The highest BCUT2D eigenvalue weighted by Gasteiger charge is 2.37. The molecule has 1 rings (SSSR count). The lowest BCUT2D eigenvalue weighted by Crippen LogP contribution is -2.42. The van der Waals surface area contributed by atoms with E-state index in [1.165, 1.54) is 0 Å². The molecule has 0 N–H and O–H groups in total. The van der Waals surface area contributed by atoms with Gasteiger partial charge in [0, 0.05) is 47.2 Å². The number of hydrogen-bond acceptors (Lipinski definition) is 6. The molecular weight excluding hydrogens is 302 g/mol. The summed E-state index contributed by atoms with van der Waals surface area (Å²) < 4.78 is 21.2. The zero-order valence-corrected chi connectivity index (χ0v) is 14.9. The monoisotopic (exact) mass is 327 g/mol. The van der Waals surface area contributed by atoms with Crippen LogP contribution in [0.5, 0.6) is 0 Å². The lowest BCUT2D eigenvalue weighted by molar-refractivity contribution is 0.0493. The van der Waals surface area contributed by atoms with Crippen molar-refractivity contribution in [1.29, 1.82) is 0 Å². The van der Waals surface area contributed by atoms with E-state index in [0.717, 1.165) is 5.69 Å².